The summed E-state index contributed by atoms with van der Waals surface area (Å²) in [6.07, 6.45) is 20.5. The van der Waals surface area contributed by atoms with Crippen LogP contribution in [-0.4, -0.2) is 65.9 Å². The largest absolute Gasteiger partial charge is 0.483 e. The third-order valence-corrected chi connectivity index (χ3v) is 24.4. The summed E-state index contributed by atoms with van der Waals surface area (Å²) in [4.78, 5) is 46.7. The number of fused-ring (bicyclic) bond motifs is 11. The number of methoxy groups -OCH3 is 1. The Morgan fingerprint density at radius 2 is 1.62 bits per heavy atom. The Morgan fingerprint density at radius 3 is 2.47 bits per heavy atom. The van der Waals surface area contributed by atoms with Crippen LogP contribution in [0.1, 0.15) is 199 Å². The van der Waals surface area contributed by atoms with Gasteiger partial charge in [0.15, 0.2) is 17.8 Å². The topological polar surface area (TPSA) is 162 Å². The molecule has 16 rings (SSSR count). The Kier molecular flexibility index (Phi) is 14.6. The minimum atomic E-state index is -1.37. The molecule has 7 aliphatic carbocycles. The highest BCUT2D eigenvalue weighted by Crippen LogP contribution is 2.66. The number of aliphatic hydroxyl groups excluding tert-OH is 3. The van der Waals surface area contributed by atoms with E-state index in [1.807, 2.05) is 6.07 Å². The van der Waals surface area contributed by atoms with Crippen molar-refractivity contribution in [3.05, 3.63) is 215 Å². The fraction of sp³-hybridized carbons (Fsp3) is 0.456. The third kappa shape index (κ3) is 8.89. The van der Waals surface area contributed by atoms with Gasteiger partial charge in [0.2, 0.25) is 0 Å². The molecule has 5 aromatic carbocycles. The minimum Gasteiger partial charge on any atom is -0.483 e. The number of carbonyl (C=O) groups is 2. The molecule has 90 heavy (non-hydrogen) atoms. The molecule has 3 fully saturated rings. The first kappa shape index (κ1) is 58.0. The number of ether oxygens (including phenoxy) is 4. The molecule has 11 nitrogen and oxygen atoms in total. The van der Waals surface area contributed by atoms with Gasteiger partial charge in [0.1, 0.15) is 11.3 Å². The Hall–Kier alpha value is -7.15. The van der Waals surface area contributed by atoms with Crippen LogP contribution in [0.25, 0.3) is 23.1 Å². The highest BCUT2D eigenvalue weighted by atomic mass is 16.6. The van der Waals surface area contributed by atoms with Gasteiger partial charge < -0.3 is 38.7 Å². The average molecular weight is 1210 g/mol. The Labute approximate surface area is 526 Å². The van der Waals surface area contributed by atoms with Gasteiger partial charge in [-0.2, -0.15) is 0 Å². The normalized spacial score (nSPS) is 32.5. The molecular weight excluding hydrogens is 1120 g/mol. The average Bonchev–Trinajstić information content (AvgIpc) is 1.08. The molecule has 0 amide bonds. The maximum absolute atomic E-state index is 16.1. The molecule has 3 saturated carbocycles. The van der Waals surface area contributed by atoms with Crippen molar-refractivity contribution in [3.63, 3.8) is 0 Å². The predicted octanol–water partition coefficient (Wildman–Crippen LogP) is 14.2. The van der Waals surface area contributed by atoms with Crippen molar-refractivity contribution in [2.45, 2.75) is 163 Å². The lowest BCUT2D eigenvalue weighted by Gasteiger charge is -2.55. The van der Waals surface area contributed by atoms with Gasteiger partial charge in [-0.1, -0.05) is 127 Å². The summed E-state index contributed by atoms with van der Waals surface area (Å²) in [5, 5.41) is 33.0. The van der Waals surface area contributed by atoms with E-state index in [1.165, 1.54) is 82.0 Å². The molecule has 3 aliphatic heterocycles. The number of allylic oxidation sites excluding steroid dienone is 4. The number of hydrogen-bond acceptors (Lipinski definition) is 11. The van der Waals surface area contributed by atoms with Crippen molar-refractivity contribution in [1.29, 1.82) is 0 Å². The van der Waals surface area contributed by atoms with Crippen molar-refractivity contribution in [1.82, 2.24) is 0 Å². The third-order valence-electron chi connectivity index (χ3n) is 24.4. The summed E-state index contributed by atoms with van der Waals surface area (Å²) in [5.41, 5.74) is 14.1. The minimum absolute atomic E-state index is 0.0116. The van der Waals surface area contributed by atoms with Crippen molar-refractivity contribution in [2.75, 3.05) is 26.9 Å². The van der Waals surface area contributed by atoms with Crippen molar-refractivity contribution >= 4 is 35.1 Å². The molecular formula is C79H82O11. The Morgan fingerprint density at radius 1 is 0.789 bits per heavy atom. The highest BCUT2D eigenvalue weighted by molar-refractivity contribution is 5.91. The van der Waals surface area contributed by atoms with E-state index in [1.54, 1.807) is 13.0 Å². The van der Waals surface area contributed by atoms with Gasteiger partial charge in [0.05, 0.1) is 25.4 Å². The smallest absolute Gasteiger partial charge is 0.340 e. The molecule has 0 saturated heterocycles. The first-order valence-electron chi connectivity index (χ1n) is 33.7. The van der Waals surface area contributed by atoms with Gasteiger partial charge in [0, 0.05) is 65.7 Å². The first-order chi connectivity index (χ1) is 43.9. The molecule has 0 radical (unpaired) electrons. The van der Waals surface area contributed by atoms with Crippen LogP contribution in [0.5, 0.6) is 5.75 Å². The van der Waals surface area contributed by atoms with E-state index in [2.05, 4.69) is 122 Å². The van der Waals surface area contributed by atoms with Gasteiger partial charge in [-0.3, -0.25) is 4.79 Å². The maximum atomic E-state index is 16.1. The second-order valence-electron chi connectivity index (χ2n) is 28.5. The molecule has 7 bridgehead atoms. The summed E-state index contributed by atoms with van der Waals surface area (Å²) in [6, 6.07) is 35.6. The Balaban J connectivity index is 0.907. The van der Waals surface area contributed by atoms with E-state index in [0.717, 1.165) is 37.7 Å². The van der Waals surface area contributed by atoms with Crippen LogP contribution in [0.2, 0.25) is 0 Å². The van der Waals surface area contributed by atoms with Crippen molar-refractivity contribution in [2.24, 2.45) is 35.5 Å². The lowest BCUT2D eigenvalue weighted by molar-refractivity contribution is -0.202. The van der Waals surface area contributed by atoms with Crippen LogP contribution >= 0.6 is 0 Å². The van der Waals surface area contributed by atoms with Crippen LogP contribution < -0.4 is 10.4 Å². The van der Waals surface area contributed by atoms with Crippen LogP contribution in [0.4, 0.5) is 0 Å². The number of aliphatic hydroxyl groups is 3. The molecule has 464 valence electrons. The van der Waals surface area contributed by atoms with Crippen LogP contribution in [0, 0.1) is 35.5 Å². The van der Waals surface area contributed by atoms with Gasteiger partial charge in [-0.15, -0.1) is 0 Å². The van der Waals surface area contributed by atoms with E-state index in [0.29, 0.717) is 65.4 Å². The number of benzene rings is 5. The number of carbonyl (C=O) groups excluding carboxylic acids is 2. The lowest BCUT2D eigenvalue weighted by atomic mass is 9.48. The van der Waals surface area contributed by atoms with Gasteiger partial charge >= 0.3 is 17.6 Å². The summed E-state index contributed by atoms with van der Waals surface area (Å²) < 4.78 is 34.3. The molecule has 1 aromatic heterocycles. The molecule has 10 aliphatic rings. The maximum Gasteiger partial charge on any atom is 0.340 e. The summed E-state index contributed by atoms with van der Waals surface area (Å²) >= 11 is 0. The van der Waals surface area contributed by atoms with Crippen LogP contribution in [0.3, 0.4) is 0 Å². The summed E-state index contributed by atoms with van der Waals surface area (Å²) in [6.45, 7) is 2.78. The van der Waals surface area contributed by atoms with E-state index >= 15 is 9.59 Å². The van der Waals surface area contributed by atoms with Crippen molar-refractivity contribution in [3.8, 4) is 5.75 Å². The second-order valence-corrected chi connectivity index (χ2v) is 28.5. The fourth-order valence-corrected chi connectivity index (χ4v) is 20.6. The monoisotopic (exact) mass is 1210 g/mol. The number of aryl methyl sites for hydroxylation is 1. The SMILES string of the molecule is COCC(CCO)c1c(CO)c2ccc3c(c2oc1=O)C1OC(=O)CC2CC(c4cccc5c4CCC4CCCC6C=Cc7ccccc7C564)C=CC2c2ccc4c(c2)C2CCC5=Cc6ccccc6C6CC(C(C2)C56)C(C)(O3)C1OC(=O)C(=C(C)CO)CC4. The lowest BCUT2D eigenvalue weighted by Crippen LogP contribution is -2.59. The first-order valence-corrected chi connectivity index (χ1v) is 33.7. The Bertz CT molecular complexity index is 4100. The quantitative estimate of drug-likeness (QED) is 0.0576. The zero-order valence-corrected chi connectivity index (χ0v) is 52.0. The van der Waals surface area contributed by atoms with E-state index in [-0.39, 0.29) is 102 Å². The van der Waals surface area contributed by atoms with E-state index in [4.69, 9.17) is 23.4 Å². The molecule has 11 heteroatoms. The van der Waals surface area contributed by atoms with E-state index < -0.39 is 47.9 Å². The van der Waals surface area contributed by atoms with Crippen LogP contribution in [-0.2, 0) is 48.7 Å². The van der Waals surface area contributed by atoms with Crippen molar-refractivity contribution < 1.29 is 48.3 Å². The zero-order valence-electron chi connectivity index (χ0n) is 52.0. The molecule has 15 unspecified atom stereocenters. The second kappa shape index (κ2) is 22.6. The summed E-state index contributed by atoms with van der Waals surface area (Å²) in [7, 11) is 1.53. The standard InChI is InChI=1S/C79H82O11/c1-43(40-81)55-27-23-44-18-19-48-36-61(44)49-20-21-50-34-46-11-4-6-14-58(46)62-39-67(63(37-49)70(50)62)78(2)75(89-76(55)84)74(72-68(90-78)31-30-60-64(41-82)71(77(85)88-73(60)72)51(32-33-80)42-86-3)87-69(83)38-52-35-47(24-28-56(48)52)57-15-9-17-66-59(57)29-26-54-13-8-12-53-25-22-45-10-5-7-16-65(45)79(53,54)66/h4-7,9-11,14-19,22,24-25,28,30-31,34,36,47,49,51-54,56,62-63,67,70,74-75,80-82H,8,12-13,20-21,23,26-27,29,32-33,35,37-42H2,1-3H3. The van der Waals surface area contributed by atoms with Gasteiger partial charge in [0.25, 0.3) is 0 Å². The molecule has 1 spiro atoms. The van der Waals surface area contributed by atoms with Gasteiger partial charge in [-0.25, -0.2) is 9.59 Å². The molecule has 4 heterocycles. The number of rotatable bonds is 8. The number of esters is 2. The fourth-order valence-electron chi connectivity index (χ4n) is 20.6. The number of hydrogen-bond donors (Lipinski definition) is 3. The summed E-state index contributed by atoms with van der Waals surface area (Å²) in [5.74, 6) is -0.568. The molecule has 15 atom stereocenters. The highest BCUT2D eigenvalue weighted by Gasteiger charge is 2.64. The predicted molar refractivity (Wildman–Crippen MR) is 345 cm³/mol. The van der Waals surface area contributed by atoms with Crippen LogP contribution in [0.15, 0.2) is 141 Å². The zero-order chi connectivity index (χ0) is 61.3. The molecule has 6 aromatic rings. The molecule has 3 N–H and O–H groups in total. The van der Waals surface area contributed by atoms with Gasteiger partial charge in [-0.05, 0) is 211 Å². The van der Waals surface area contributed by atoms with E-state index in [9.17, 15) is 20.1 Å².